The average molecular weight is 825 g/mol. The highest BCUT2D eigenvalue weighted by atomic mass is 16.3. The molecule has 0 radical (unpaired) electrons. The molecule has 6 aromatic heterocycles. The molecule has 0 aliphatic carbocycles. The van der Waals surface area contributed by atoms with Crippen molar-refractivity contribution in [2.45, 2.75) is 26.2 Å². The highest BCUT2D eigenvalue weighted by Crippen LogP contribution is 2.42. The minimum atomic E-state index is -0.0472. The molecule has 0 unspecified atom stereocenters. The van der Waals surface area contributed by atoms with Crippen molar-refractivity contribution >= 4 is 76.6 Å². The first-order chi connectivity index (χ1) is 31.4. The van der Waals surface area contributed by atoms with Gasteiger partial charge in [-0.2, -0.15) is 0 Å². The Hall–Kier alpha value is -8.29. The van der Waals surface area contributed by atoms with Gasteiger partial charge >= 0.3 is 0 Å². The molecule has 7 aromatic carbocycles. The van der Waals surface area contributed by atoms with E-state index in [2.05, 4.69) is 192 Å². The minimum absolute atomic E-state index is 0.0472. The fraction of sp³-hybridized carbons (Fsp3) is 0.0702. The normalized spacial score (nSPS) is 12.3. The van der Waals surface area contributed by atoms with E-state index in [1.807, 2.05) is 30.7 Å². The number of hydrogen-bond donors (Lipinski definition) is 1. The summed E-state index contributed by atoms with van der Waals surface area (Å²) < 4.78 is 11.1. The average Bonchev–Trinajstić information content (AvgIpc) is 4.10. The summed E-state index contributed by atoms with van der Waals surface area (Å²) in [5.41, 5.74) is 15.5. The van der Waals surface area contributed by atoms with Crippen LogP contribution in [0.3, 0.4) is 0 Å². The van der Waals surface area contributed by atoms with Crippen LogP contribution in [0, 0.1) is 0 Å². The van der Waals surface area contributed by atoms with E-state index in [9.17, 15) is 0 Å². The van der Waals surface area contributed by atoms with Gasteiger partial charge in [0.05, 0.1) is 33.3 Å². The molecule has 7 heteroatoms. The number of H-pyrrole nitrogens is 1. The van der Waals surface area contributed by atoms with Crippen molar-refractivity contribution in [1.29, 1.82) is 0 Å². The third kappa shape index (κ3) is 5.50. The van der Waals surface area contributed by atoms with E-state index < -0.39 is 0 Å². The summed E-state index contributed by atoms with van der Waals surface area (Å²) in [7, 11) is 0. The van der Waals surface area contributed by atoms with E-state index in [4.69, 9.17) is 14.4 Å². The quantitative estimate of drug-likeness (QED) is 0.187. The van der Waals surface area contributed by atoms with Gasteiger partial charge in [0.25, 0.3) is 0 Å². The Balaban J connectivity index is 1.07. The second kappa shape index (κ2) is 13.6. The maximum Gasteiger partial charge on any atom is 0.147 e. The van der Waals surface area contributed by atoms with E-state index in [0.29, 0.717) is 0 Å². The molecule has 0 atom stereocenters. The number of fused-ring (bicyclic) bond motifs is 10. The van der Waals surface area contributed by atoms with Crippen molar-refractivity contribution in [3.8, 4) is 45.1 Å². The number of imidazole rings is 1. The summed E-state index contributed by atoms with van der Waals surface area (Å²) in [6, 6.07) is 58.3. The highest BCUT2D eigenvalue weighted by molar-refractivity contribution is 6.14. The second-order valence-electron chi connectivity index (χ2n) is 17.8. The molecule has 0 aliphatic heterocycles. The molecule has 13 aromatic rings. The molecule has 64 heavy (non-hydrogen) atoms. The van der Waals surface area contributed by atoms with Crippen molar-refractivity contribution in [1.82, 2.24) is 29.1 Å². The lowest BCUT2D eigenvalue weighted by Gasteiger charge is -2.20. The fourth-order valence-electron chi connectivity index (χ4n) is 9.85. The molecule has 0 spiro atoms. The summed E-state index contributed by atoms with van der Waals surface area (Å²) >= 11 is 0. The number of hydrogen-bond acceptors (Lipinski definition) is 4. The number of aromatic nitrogens is 6. The molecule has 0 fully saturated rings. The first-order valence-electron chi connectivity index (χ1n) is 21.7. The number of para-hydroxylation sites is 4. The number of rotatable bonds is 5. The number of pyridine rings is 2. The first-order valence-corrected chi connectivity index (χ1v) is 21.7. The van der Waals surface area contributed by atoms with Crippen molar-refractivity contribution < 1.29 is 4.42 Å². The summed E-state index contributed by atoms with van der Waals surface area (Å²) in [6.07, 6.45) is 5.64. The van der Waals surface area contributed by atoms with Crippen LogP contribution >= 0.6 is 0 Å². The molecule has 0 amide bonds. The molecule has 0 aliphatic rings. The van der Waals surface area contributed by atoms with Crippen molar-refractivity contribution in [3.63, 3.8) is 0 Å². The van der Waals surface area contributed by atoms with Crippen molar-refractivity contribution in [2.75, 3.05) is 0 Å². The highest BCUT2D eigenvalue weighted by Gasteiger charge is 2.23. The lowest BCUT2D eigenvalue weighted by Crippen LogP contribution is -2.12. The summed E-state index contributed by atoms with van der Waals surface area (Å²) in [6.45, 7) is 6.75. The first kappa shape index (κ1) is 36.4. The molecule has 0 saturated heterocycles. The molecular formula is C57H40N6O. The molecule has 6 heterocycles. The van der Waals surface area contributed by atoms with Crippen LogP contribution in [0.15, 0.2) is 187 Å². The summed E-state index contributed by atoms with van der Waals surface area (Å²) in [4.78, 5) is 18.7. The number of aromatic amines is 1. The van der Waals surface area contributed by atoms with Crippen LogP contribution in [0.1, 0.15) is 26.3 Å². The van der Waals surface area contributed by atoms with Gasteiger partial charge in [0.15, 0.2) is 0 Å². The van der Waals surface area contributed by atoms with Gasteiger partial charge in [-0.25, -0.2) is 9.97 Å². The van der Waals surface area contributed by atoms with Gasteiger partial charge in [-0.05, 0) is 107 Å². The zero-order valence-electron chi connectivity index (χ0n) is 35.5. The third-order valence-corrected chi connectivity index (χ3v) is 13.0. The van der Waals surface area contributed by atoms with Crippen LogP contribution in [0.5, 0.6) is 0 Å². The van der Waals surface area contributed by atoms with Crippen molar-refractivity contribution in [3.05, 3.63) is 188 Å². The zero-order chi connectivity index (χ0) is 42.7. The molecular weight excluding hydrogens is 785 g/mol. The standard InChI is InChI=1S/C57H40N6O/c1-57(2,3)37-26-29-59-53(32-37)63-48-23-19-35(34-24-27-58-28-25-34)30-46(48)41-21-18-36(31-50(41)63)39-12-9-16-49-55(39)61-56(45-14-8-13-44-40-10-4-6-15-47(40)60-54(44)45)62(49)38-20-22-43-42-11-5-7-17-51(42)64-52(43)33-38/h4-33,60H,1-3H3. The Kier molecular flexibility index (Phi) is 7.73. The van der Waals surface area contributed by atoms with Crippen LogP contribution in [0.25, 0.3) is 122 Å². The SMILES string of the molecule is CC(C)(C)c1ccnc(-n2c3ccc(-c4ccncc4)cc3c3ccc(-c4cccc5c4nc(-c4cccc6c4[nH]c4ccccc46)n5-c4ccc5c(c4)oc4ccccc45)cc32)c1. The lowest BCUT2D eigenvalue weighted by molar-refractivity contribution is 0.588. The lowest BCUT2D eigenvalue weighted by atomic mass is 9.88. The monoisotopic (exact) mass is 824 g/mol. The Morgan fingerprint density at radius 1 is 0.500 bits per heavy atom. The van der Waals surface area contributed by atoms with E-state index >= 15 is 0 Å². The topological polar surface area (TPSA) is 77.5 Å². The maximum absolute atomic E-state index is 6.47. The van der Waals surface area contributed by atoms with Crippen molar-refractivity contribution in [2.24, 2.45) is 0 Å². The van der Waals surface area contributed by atoms with E-state index in [1.54, 1.807) is 0 Å². The van der Waals surface area contributed by atoms with Gasteiger partial charge in [0.1, 0.15) is 22.8 Å². The van der Waals surface area contributed by atoms with E-state index in [1.165, 1.54) is 10.9 Å². The van der Waals surface area contributed by atoms with Gasteiger partial charge in [0.2, 0.25) is 0 Å². The number of nitrogens with zero attached hydrogens (tertiary/aromatic N) is 5. The van der Waals surface area contributed by atoms with Crippen LogP contribution < -0.4 is 0 Å². The van der Waals surface area contributed by atoms with Gasteiger partial charge in [0, 0.05) is 73.6 Å². The zero-order valence-corrected chi connectivity index (χ0v) is 35.5. The minimum Gasteiger partial charge on any atom is -0.456 e. The van der Waals surface area contributed by atoms with Crippen LogP contribution in [-0.2, 0) is 5.41 Å². The fourth-order valence-corrected chi connectivity index (χ4v) is 9.85. The number of furan rings is 1. The molecule has 13 rings (SSSR count). The van der Waals surface area contributed by atoms with Gasteiger partial charge < -0.3 is 9.40 Å². The van der Waals surface area contributed by atoms with Crippen LogP contribution in [-0.4, -0.2) is 29.1 Å². The smallest absolute Gasteiger partial charge is 0.147 e. The third-order valence-electron chi connectivity index (χ3n) is 13.0. The van der Waals surface area contributed by atoms with Gasteiger partial charge in [-0.1, -0.05) is 99.6 Å². The molecule has 1 N–H and O–H groups in total. The van der Waals surface area contributed by atoms with Crippen LogP contribution in [0.4, 0.5) is 0 Å². The van der Waals surface area contributed by atoms with E-state index in [0.717, 1.165) is 116 Å². The Morgan fingerprint density at radius 3 is 2.16 bits per heavy atom. The largest absolute Gasteiger partial charge is 0.456 e. The Labute approximate surface area is 367 Å². The van der Waals surface area contributed by atoms with Gasteiger partial charge in [-0.15, -0.1) is 0 Å². The predicted molar refractivity (Wildman–Crippen MR) is 263 cm³/mol. The van der Waals surface area contributed by atoms with Crippen LogP contribution in [0.2, 0.25) is 0 Å². The Morgan fingerprint density at radius 2 is 1.27 bits per heavy atom. The maximum atomic E-state index is 6.47. The molecule has 0 saturated carbocycles. The van der Waals surface area contributed by atoms with Gasteiger partial charge in [-0.3, -0.25) is 14.1 Å². The molecule has 0 bridgehead atoms. The number of benzene rings is 7. The predicted octanol–water partition coefficient (Wildman–Crippen LogP) is 14.7. The summed E-state index contributed by atoms with van der Waals surface area (Å²) in [5.74, 6) is 1.73. The molecule has 7 nitrogen and oxygen atoms in total. The Bertz CT molecular complexity index is 4010. The second-order valence-corrected chi connectivity index (χ2v) is 17.8. The molecule has 304 valence electrons. The number of nitrogens with one attached hydrogen (secondary N) is 1. The van der Waals surface area contributed by atoms with E-state index in [-0.39, 0.29) is 5.41 Å². The summed E-state index contributed by atoms with van der Waals surface area (Å²) in [5, 5.41) is 6.85.